The van der Waals surface area contributed by atoms with Crippen molar-refractivity contribution in [1.82, 2.24) is 24.9 Å². The summed E-state index contributed by atoms with van der Waals surface area (Å²) < 4.78 is 1.84. The van der Waals surface area contributed by atoms with Gasteiger partial charge in [0, 0.05) is 25.5 Å². The van der Waals surface area contributed by atoms with Crippen molar-refractivity contribution < 1.29 is 0 Å². The van der Waals surface area contributed by atoms with E-state index in [1.165, 1.54) is 0 Å². The Labute approximate surface area is 87.7 Å². The van der Waals surface area contributed by atoms with E-state index in [0.29, 0.717) is 0 Å². The van der Waals surface area contributed by atoms with Crippen molar-refractivity contribution in [2.75, 3.05) is 25.0 Å². The number of hydrogen-bond acceptors (Lipinski definition) is 5. The van der Waals surface area contributed by atoms with Gasteiger partial charge >= 0.3 is 0 Å². The highest BCUT2D eigenvalue weighted by Crippen LogP contribution is 2.08. The first kappa shape index (κ1) is 9.85. The van der Waals surface area contributed by atoms with E-state index < -0.39 is 0 Å². The molecule has 6 heteroatoms. The summed E-state index contributed by atoms with van der Waals surface area (Å²) in [5.74, 6) is 0.771. The van der Waals surface area contributed by atoms with Gasteiger partial charge in [-0.1, -0.05) is 6.92 Å². The molecule has 0 aliphatic rings. The molecule has 2 N–H and O–H groups in total. The lowest BCUT2D eigenvalue weighted by Crippen LogP contribution is -2.22. The lowest BCUT2D eigenvalue weighted by atomic mass is 10.5. The SMILES string of the molecule is CCNCCNc1nccn2cnnc12. The second-order valence-corrected chi connectivity index (χ2v) is 3.12. The number of nitrogens with one attached hydrogen (secondary N) is 2. The maximum Gasteiger partial charge on any atom is 0.203 e. The number of anilines is 1. The van der Waals surface area contributed by atoms with E-state index in [9.17, 15) is 0 Å². The minimum Gasteiger partial charge on any atom is -0.366 e. The molecule has 2 aromatic heterocycles. The average Bonchev–Trinajstić information content (AvgIpc) is 2.73. The van der Waals surface area contributed by atoms with Gasteiger partial charge in [-0.05, 0) is 6.54 Å². The predicted octanol–water partition coefficient (Wildman–Crippen LogP) is 0.146. The summed E-state index contributed by atoms with van der Waals surface area (Å²) >= 11 is 0. The maximum absolute atomic E-state index is 4.21. The second-order valence-electron chi connectivity index (χ2n) is 3.12. The van der Waals surface area contributed by atoms with Gasteiger partial charge in [-0.25, -0.2) is 4.98 Å². The summed E-state index contributed by atoms with van der Waals surface area (Å²) in [5.41, 5.74) is 0.758. The van der Waals surface area contributed by atoms with E-state index in [2.05, 4.69) is 32.7 Å². The number of likely N-dealkylation sites (N-methyl/N-ethyl adjacent to an activating group) is 1. The van der Waals surface area contributed by atoms with E-state index in [4.69, 9.17) is 0 Å². The lowest BCUT2D eigenvalue weighted by molar-refractivity contribution is 0.738. The summed E-state index contributed by atoms with van der Waals surface area (Å²) in [6.45, 7) is 4.79. The van der Waals surface area contributed by atoms with Crippen molar-refractivity contribution in [2.45, 2.75) is 6.92 Å². The molecule has 0 saturated carbocycles. The molecule has 0 unspecified atom stereocenters. The van der Waals surface area contributed by atoms with E-state index in [1.807, 2.05) is 10.6 Å². The molecule has 0 aliphatic carbocycles. The molecule has 15 heavy (non-hydrogen) atoms. The average molecular weight is 206 g/mol. The molecular formula is C9H14N6. The minimum atomic E-state index is 0.758. The Balaban J connectivity index is 2.04. The zero-order chi connectivity index (χ0) is 10.5. The highest BCUT2D eigenvalue weighted by molar-refractivity contribution is 5.61. The van der Waals surface area contributed by atoms with Crippen LogP contribution in [0.1, 0.15) is 6.92 Å². The number of aromatic nitrogens is 4. The lowest BCUT2D eigenvalue weighted by Gasteiger charge is -2.05. The van der Waals surface area contributed by atoms with Crippen molar-refractivity contribution in [3.05, 3.63) is 18.7 Å². The fraction of sp³-hybridized carbons (Fsp3) is 0.444. The third kappa shape index (κ3) is 2.21. The normalized spacial score (nSPS) is 10.7. The Morgan fingerprint density at radius 2 is 2.33 bits per heavy atom. The van der Waals surface area contributed by atoms with Gasteiger partial charge in [-0.2, -0.15) is 0 Å². The molecule has 2 heterocycles. The molecule has 0 radical (unpaired) electrons. The van der Waals surface area contributed by atoms with Crippen molar-refractivity contribution in [3.63, 3.8) is 0 Å². The van der Waals surface area contributed by atoms with Crippen LogP contribution >= 0.6 is 0 Å². The Hall–Kier alpha value is -1.69. The van der Waals surface area contributed by atoms with Crippen LogP contribution in [0.5, 0.6) is 0 Å². The maximum atomic E-state index is 4.21. The molecule has 0 bridgehead atoms. The monoisotopic (exact) mass is 206 g/mol. The minimum absolute atomic E-state index is 0.758. The molecule has 0 atom stereocenters. The first-order valence-electron chi connectivity index (χ1n) is 5.00. The van der Waals surface area contributed by atoms with Crippen molar-refractivity contribution in [3.8, 4) is 0 Å². The Bertz CT molecular complexity index is 423. The number of nitrogens with zero attached hydrogens (tertiary/aromatic N) is 4. The zero-order valence-electron chi connectivity index (χ0n) is 8.64. The number of rotatable bonds is 5. The highest BCUT2D eigenvalue weighted by atomic mass is 15.2. The van der Waals surface area contributed by atoms with Gasteiger partial charge in [-0.3, -0.25) is 4.40 Å². The Kier molecular flexibility index (Phi) is 3.08. The molecule has 0 saturated heterocycles. The van der Waals surface area contributed by atoms with Gasteiger partial charge in [0.15, 0.2) is 5.82 Å². The Morgan fingerprint density at radius 1 is 1.40 bits per heavy atom. The molecule has 0 spiro atoms. The van der Waals surface area contributed by atoms with Crippen LogP contribution in [-0.2, 0) is 0 Å². The molecule has 2 aromatic rings. The van der Waals surface area contributed by atoms with Crippen LogP contribution in [0, 0.1) is 0 Å². The van der Waals surface area contributed by atoms with Crippen LogP contribution in [0.15, 0.2) is 18.7 Å². The largest absolute Gasteiger partial charge is 0.366 e. The fourth-order valence-electron chi connectivity index (χ4n) is 1.33. The predicted molar refractivity (Wildman–Crippen MR) is 57.8 cm³/mol. The van der Waals surface area contributed by atoms with Crippen molar-refractivity contribution in [2.24, 2.45) is 0 Å². The second kappa shape index (κ2) is 4.70. The van der Waals surface area contributed by atoms with Gasteiger partial charge in [0.2, 0.25) is 5.65 Å². The summed E-state index contributed by atoms with van der Waals surface area (Å²) in [4.78, 5) is 4.21. The van der Waals surface area contributed by atoms with Gasteiger partial charge in [0.1, 0.15) is 6.33 Å². The van der Waals surface area contributed by atoms with E-state index in [0.717, 1.165) is 31.1 Å². The quantitative estimate of drug-likeness (QED) is 0.681. The van der Waals surface area contributed by atoms with Crippen LogP contribution in [-0.4, -0.2) is 39.2 Å². The van der Waals surface area contributed by atoms with Crippen LogP contribution in [0.25, 0.3) is 5.65 Å². The van der Waals surface area contributed by atoms with Gasteiger partial charge in [0.25, 0.3) is 0 Å². The third-order valence-electron chi connectivity index (χ3n) is 2.06. The summed E-state index contributed by atoms with van der Waals surface area (Å²) in [7, 11) is 0. The van der Waals surface area contributed by atoms with Gasteiger partial charge in [-0.15, -0.1) is 10.2 Å². The molecule has 80 valence electrons. The van der Waals surface area contributed by atoms with Crippen molar-refractivity contribution >= 4 is 11.5 Å². The number of hydrogen-bond donors (Lipinski definition) is 2. The van der Waals surface area contributed by atoms with E-state index in [-0.39, 0.29) is 0 Å². The third-order valence-corrected chi connectivity index (χ3v) is 2.06. The molecule has 0 aromatic carbocycles. The summed E-state index contributed by atoms with van der Waals surface area (Å²) in [6.07, 6.45) is 5.21. The zero-order valence-corrected chi connectivity index (χ0v) is 8.64. The standard InChI is InChI=1S/C9H14N6/c1-2-10-3-4-11-8-9-14-13-7-15(9)6-5-12-8/h5-7,10H,2-4H2,1H3,(H,11,12). The van der Waals surface area contributed by atoms with Crippen LogP contribution in [0.3, 0.4) is 0 Å². The molecule has 2 rings (SSSR count). The van der Waals surface area contributed by atoms with Crippen LogP contribution in [0.4, 0.5) is 5.82 Å². The molecular weight excluding hydrogens is 192 g/mol. The van der Waals surface area contributed by atoms with Crippen LogP contribution < -0.4 is 10.6 Å². The van der Waals surface area contributed by atoms with Gasteiger partial charge in [0.05, 0.1) is 0 Å². The number of fused-ring (bicyclic) bond motifs is 1. The first-order chi connectivity index (χ1) is 7.42. The highest BCUT2D eigenvalue weighted by Gasteiger charge is 2.02. The first-order valence-corrected chi connectivity index (χ1v) is 5.00. The van der Waals surface area contributed by atoms with Crippen LogP contribution in [0.2, 0.25) is 0 Å². The van der Waals surface area contributed by atoms with E-state index in [1.54, 1.807) is 12.5 Å². The van der Waals surface area contributed by atoms with Crippen molar-refractivity contribution in [1.29, 1.82) is 0 Å². The smallest absolute Gasteiger partial charge is 0.203 e. The molecule has 6 nitrogen and oxygen atoms in total. The Morgan fingerprint density at radius 3 is 3.20 bits per heavy atom. The summed E-state index contributed by atoms with van der Waals surface area (Å²) in [5, 5.41) is 14.2. The topological polar surface area (TPSA) is 67.1 Å². The van der Waals surface area contributed by atoms with E-state index >= 15 is 0 Å². The molecule has 0 amide bonds. The molecule has 0 fully saturated rings. The van der Waals surface area contributed by atoms with Gasteiger partial charge < -0.3 is 10.6 Å². The fourth-order valence-corrected chi connectivity index (χ4v) is 1.33. The summed E-state index contributed by atoms with van der Waals surface area (Å²) in [6, 6.07) is 0. The molecule has 0 aliphatic heterocycles.